The summed E-state index contributed by atoms with van der Waals surface area (Å²) in [4.78, 5) is 22.4. The Bertz CT molecular complexity index is 731. The summed E-state index contributed by atoms with van der Waals surface area (Å²) in [7, 11) is 1.43. The second-order valence-electron chi connectivity index (χ2n) is 4.14. The van der Waals surface area contributed by atoms with Gasteiger partial charge in [0.25, 0.3) is 5.43 Å². The lowest BCUT2D eigenvalue weighted by Gasteiger charge is -2.10. The molecule has 1 aromatic heterocycles. The second kappa shape index (κ2) is 5.63. The average Bonchev–Trinajstić information content (AvgIpc) is 2.48. The van der Waals surface area contributed by atoms with Crippen molar-refractivity contribution in [1.29, 1.82) is 0 Å². The van der Waals surface area contributed by atoms with Gasteiger partial charge >= 0.3 is 5.97 Å². The summed E-state index contributed by atoms with van der Waals surface area (Å²) in [6.45, 7) is -0.262. The quantitative estimate of drug-likeness (QED) is 0.732. The van der Waals surface area contributed by atoms with E-state index >= 15 is 0 Å². The molecule has 0 saturated heterocycles. The van der Waals surface area contributed by atoms with Crippen LogP contribution >= 0.6 is 0 Å². The van der Waals surface area contributed by atoms with Crippen molar-refractivity contribution in [2.45, 2.75) is 6.61 Å². The van der Waals surface area contributed by atoms with Gasteiger partial charge in [0.2, 0.25) is 5.69 Å². The Kier molecular flexibility index (Phi) is 3.90. The van der Waals surface area contributed by atoms with E-state index in [0.717, 1.165) is 10.9 Å². The highest BCUT2D eigenvalue weighted by molar-refractivity contribution is 5.85. The molecule has 0 aliphatic rings. The van der Waals surface area contributed by atoms with Crippen LogP contribution in [0.25, 0.3) is 5.69 Å². The van der Waals surface area contributed by atoms with Gasteiger partial charge in [0, 0.05) is 6.07 Å². The van der Waals surface area contributed by atoms with Crippen molar-refractivity contribution in [3.05, 3.63) is 45.9 Å². The van der Waals surface area contributed by atoms with Gasteiger partial charge in [-0.2, -0.15) is 5.10 Å². The van der Waals surface area contributed by atoms with E-state index in [1.807, 2.05) is 0 Å². The van der Waals surface area contributed by atoms with Crippen molar-refractivity contribution in [1.82, 2.24) is 9.78 Å². The Balaban J connectivity index is 2.67. The number of hydrogen-bond donors (Lipinski definition) is 3. The highest BCUT2D eigenvalue weighted by atomic mass is 16.5. The number of carbonyl (C=O) groups is 1. The predicted octanol–water partition coefficient (Wildman–Crippen LogP) is 0.137. The highest BCUT2D eigenvalue weighted by Crippen LogP contribution is 2.20. The van der Waals surface area contributed by atoms with E-state index in [0.29, 0.717) is 17.0 Å². The molecule has 0 fully saturated rings. The summed E-state index contributed by atoms with van der Waals surface area (Å²) in [5, 5.41) is 31.3. The lowest BCUT2D eigenvalue weighted by Crippen LogP contribution is -2.21. The molecule has 8 nitrogen and oxygen atoms in total. The van der Waals surface area contributed by atoms with Gasteiger partial charge in [0.15, 0.2) is 5.75 Å². The molecular formula is C13H12N2O6. The molecule has 0 atom stereocenters. The van der Waals surface area contributed by atoms with Crippen molar-refractivity contribution < 1.29 is 24.9 Å². The van der Waals surface area contributed by atoms with Gasteiger partial charge in [-0.25, -0.2) is 9.48 Å². The number of aromatic carboxylic acids is 1. The van der Waals surface area contributed by atoms with E-state index in [1.165, 1.54) is 19.2 Å². The Morgan fingerprint density at radius 1 is 1.38 bits per heavy atom. The van der Waals surface area contributed by atoms with Crippen molar-refractivity contribution >= 4 is 5.97 Å². The number of aromatic nitrogens is 2. The van der Waals surface area contributed by atoms with Crippen LogP contribution < -0.4 is 10.2 Å². The van der Waals surface area contributed by atoms with Crippen molar-refractivity contribution in [2.24, 2.45) is 0 Å². The number of aliphatic hydroxyl groups excluding tert-OH is 1. The van der Waals surface area contributed by atoms with Crippen LogP contribution in [0.4, 0.5) is 0 Å². The maximum absolute atomic E-state index is 11.5. The van der Waals surface area contributed by atoms with E-state index in [4.69, 9.17) is 9.84 Å². The first-order chi connectivity index (χ1) is 9.96. The fourth-order valence-corrected chi connectivity index (χ4v) is 1.73. The third-order valence-electron chi connectivity index (χ3n) is 2.74. The minimum Gasteiger partial charge on any atom is -0.503 e. The average molecular weight is 292 g/mol. The Morgan fingerprint density at radius 3 is 2.67 bits per heavy atom. The van der Waals surface area contributed by atoms with Gasteiger partial charge in [-0.1, -0.05) is 0 Å². The summed E-state index contributed by atoms with van der Waals surface area (Å²) < 4.78 is 6.09. The zero-order valence-corrected chi connectivity index (χ0v) is 11.0. The highest BCUT2D eigenvalue weighted by Gasteiger charge is 2.16. The second-order valence-corrected chi connectivity index (χ2v) is 4.14. The molecule has 0 saturated carbocycles. The Hall–Kier alpha value is -2.87. The van der Waals surface area contributed by atoms with Crippen LogP contribution in [0.2, 0.25) is 0 Å². The molecular weight excluding hydrogens is 280 g/mol. The third-order valence-corrected chi connectivity index (χ3v) is 2.74. The fourth-order valence-electron chi connectivity index (χ4n) is 1.73. The summed E-state index contributed by atoms with van der Waals surface area (Å²) in [5.41, 5.74) is -1.04. The topological polar surface area (TPSA) is 122 Å². The summed E-state index contributed by atoms with van der Waals surface area (Å²) in [6, 6.07) is 4.62. The number of carboxylic acid groups (broad SMARTS) is 1. The van der Waals surface area contributed by atoms with Crippen LogP contribution in [0.1, 0.15) is 16.1 Å². The molecule has 0 radical (unpaired) electrons. The molecule has 0 spiro atoms. The first-order valence-corrected chi connectivity index (χ1v) is 5.81. The van der Waals surface area contributed by atoms with Crippen LogP contribution in [-0.2, 0) is 6.61 Å². The maximum atomic E-state index is 11.5. The molecule has 3 N–H and O–H groups in total. The molecule has 1 heterocycles. The number of hydrogen-bond acceptors (Lipinski definition) is 6. The number of ether oxygens (including phenoxy) is 1. The molecule has 0 amide bonds. The molecule has 21 heavy (non-hydrogen) atoms. The van der Waals surface area contributed by atoms with Crippen LogP contribution in [0.5, 0.6) is 11.5 Å². The number of nitrogens with zero attached hydrogens (tertiary/aromatic N) is 2. The molecule has 1 aromatic carbocycles. The number of methoxy groups -OCH3 is 1. The summed E-state index contributed by atoms with van der Waals surface area (Å²) in [5.74, 6) is -1.88. The predicted molar refractivity (Wildman–Crippen MR) is 70.9 cm³/mol. The summed E-state index contributed by atoms with van der Waals surface area (Å²) in [6.07, 6.45) is 0.991. The normalized spacial score (nSPS) is 10.4. The molecule has 110 valence electrons. The zero-order valence-electron chi connectivity index (χ0n) is 11.0. The first kappa shape index (κ1) is 14.5. The maximum Gasteiger partial charge on any atom is 0.360 e. The van der Waals surface area contributed by atoms with Crippen molar-refractivity contribution in [3.63, 3.8) is 0 Å². The minimum absolute atomic E-state index is 0.262. The van der Waals surface area contributed by atoms with Crippen molar-refractivity contribution in [2.75, 3.05) is 7.11 Å². The van der Waals surface area contributed by atoms with Crippen LogP contribution in [0.3, 0.4) is 0 Å². The van der Waals surface area contributed by atoms with Crippen LogP contribution in [-0.4, -0.2) is 38.2 Å². The van der Waals surface area contributed by atoms with Crippen LogP contribution in [0.15, 0.2) is 29.2 Å². The third kappa shape index (κ3) is 2.84. The van der Waals surface area contributed by atoms with E-state index in [-0.39, 0.29) is 6.61 Å². The lowest BCUT2D eigenvalue weighted by molar-refractivity contribution is 0.0686. The van der Waals surface area contributed by atoms with Crippen molar-refractivity contribution in [3.8, 4) is 17.2 Å². The van der Waals surface area contributed by atoms with E-state index in [9.17, 15) is 19.8 Å². The molecule has 0 aliphatic heterocycles. The van der Waals surface area contributed by atoms with E-state index < -0.39 is 22.8 Å². The van der Waals surface area contributed by atoms with Gasteiger partial charge in [0.1, 0.15) is 5.75 Å². The molecule has 0 bridgehead atoms. The van der Waals surface area contributed by atoms with Gasteiger partial charge in [-0.15, -0.1) is 0 Å². The number of carboxylic acids is 1. The molecule has 8 heteroatoms. The zero-order chi connectivity index (χ0) is 15.6. The number of rotatable bonds is 4. The molecule has 0 unspecified atom stereocenters. The SMILES string of the molecule is COc1cc(CO)cc(-n2cc(O)c(=O)c(C(=O)O)n2)c1. The van der Waals surface area contributed by atoms with E-state index in [1.54, 1.807) is 6.07 Å². The van der Waals surface area contributed by atoms with Crippen LogP contribution in [0, 0.1) is 0 Å². The van der Waals surface area contributed by atoms with E-state index in [2.05, 4.69) is 5.10 Å². The number of aliphatic hydroxyl groups is 1. The smallest absolute Gasteiger partial charge is 0.360 e. The standard InChI is InChI=1S/C13H12N2O6/c1-21-9-3-7(6-16)2-8(4-9)15-5-10(17)12(18)11(14-15)13(19)20/h2-5,16-17H,6H2,1H3,(H,19,20). The first-order valence-electron chi connectivity index (χ1n) is 5.81. The molecule has 2 aromatic rings. The Morgan fingerprint density at radius 2 is 2.10 bits per heavy atom. The molecule has 2 rings (SSSR count). The fraction of sp³-hybridized carbons (Fsp3) is 0.154. The monoisotopic (exact) mass is 292 g/mol. The largest absolute Gasteiger partial charge is 0.503 e. The minimum atomic E-state index is -1.55. The number of aromatic hydroxyl groups is 1. The van der Waals surface area contributed by atoms with Gasteiger partial charge in [0.05, 0.1) is 25.6 Å². The van der Waals surface area contributed by atoms with Gasteiger partial charge < -0.3 is 20.1 Å². The number of benzene rings is 1. The van der Waals surface area contributed by atoms with Gasteiger partial charge in [-0.3, -0.25) is 4.79 Å². The lowest BCUT2D eigenvalue weighted by atomic mass is 10.2. The summed E-state index contributed by atoms with van der Waals surface area (Å²) >= 11 is 0. The van der Waals surface area contributed by atoms with Gasteiger partial charge in [-0.05, 0) is 17.7 Å². The molecule has 0 aliphatic carbocycles. The Labute approximate surface area is 118 Å².